The zero-order valence-electron chi connectivity index (χ0n) is 15.6. The molecule has 0 unspecified atom stereocenters. The summed E-state index contributed by atoms with van der Waals surface area (Å²) in [6.07, 6.45) is 2.17. The lowest BCUT2D eigenvalue weighted by atomic mass is 9.83. The first-order chi connectivity index (χ1) is 12.1. The van der Waals surface area contributed by atoms with E-state index in [0.29, 0.717) is 12.0 Å². The fraction of sp³-hybridized carbons (Fsp3) is 0.455. The van der Waals surface area contributed by atoms with Crippen LogP contribution in [0.3, 0.4) is 0 Å². The summed E-state index contributed by atoms with van der Waals surface area (Å²) in [5.41, 5.74) is 2.70. The Morgan fingerprint density at radius 2 is 1.76 bits per heavy atom. The zero-order valence-corrected chi connectivity index (χ0v) is 15.6. The second kappa shape index (κ2) is 8.03. The summed E-state index contributed by atoms with van der Waals surface area (Å²) in [4.78, 5) is 0. The summed E-state index contributed by atoms with van der Waals surface area (Å²) in [5, 5.41) is 2.50. The van der Waals surface area contributed by atoms with E-state index in [-0.39, 0.29) is 5.60 Å². The van der Waals surface area contributed by atoms with Crippen molar-refractivity contribution in [3.63, 3.8) is 0 Å². The van der Waals surface area contributed by atoms with Crippen LogP contribution in [0.5, 0.6) is 5.75 Å². The van der Waals surface area contributed by atoms with Gasteiger partial charge in [0, 0.05) is 17.9 Å². The highest BCUT2D eigenvalue weighted by Crippen LogP contribution is 2.28. The molecule has 3 nitrogen and oxygen atoms in total. The van der Waals surface area contributed by atoms with E-state index < -0.39 is 0 Å². The van der Waals surface area contributed by atoms with Crippen LogP contribution in [0.15, 0.2) is 54.6 Å². The molecule has 134 valence electrons. The average Bonchev–Trinajstić information content (AvgIpc) is 2.63. The van der Waals surface area contributed by atoms with E-state index in [1.54, 1.807) is 7.11 Å². The lowest BCUT2D eigenvalue weighted by molar-refractivity contribution is -0.716. The summed E-state index contributed by atoms with van der Waals surface area (Å²) in [5.74, 6) is 1.46. The van der Waals surface area contributed by atoms with Crippen LogP contribution >= 0.6 is 0 Å². The molecule has 25 heavy (non-hydrogen) atoms. The molecule has 3 heteroatoms. The molecule has 1 aliphatic rings. The molecule has 1 heterocycles. The van der Waals surface area contributed by atoms with Gasteiger partial charge in [-0.25, -0.2) is 0 Å². The van der Waals surface area contributed by atoms with Gasteiger partial charge in [0.05, 0.1) is 25.4 Å². The lowest BCUT2D eigenvalue weighted by Crippen LogP contribution is -2.91. The Bertz CT molecular complexity index is 651. The number of ether oxygens (including phenoxy) is 2. The Balaban J connectivity index is 1.65. The van der Waals surface area contributed by atoms with Gasteiger partial charge in [0.25, 0.3) is 0 Å². The summed E-state index contributed by atoms with van der Waals surface area (Å²) in [6, 6.07) is 19.7. The third-order valence-electron chi connectivity index (χ3n) is 5.18. The first-order valence-corrected chi connectivity index (χ1v) is 9.20. The van der Waals surface area contributed by atoms with Crippen molar-refractivity contribution >= 4 is 0 Å². The van der Waals surface area contributed by atoms with Crippen molar-refractivity contribution < 1.29 is 14.8 Å². The third-order valence-corrected chi connectivity index (χ3v) is 5.18. The van der Waals surface area contributed by atoms with Crippen LogP contribution in [0.25, 0.3) is 0 Å². The van der Waals surface area contributed by atoms with Gasteiger partial charge in [0.1, 0.15) is 12.3 Å². The summed E-state index contributed by atoms with van der Waals surface area (Å²) < 4.78 is 11.4. The molecule has 0 bridgehead atoms. The van der Waals surface area contributed by atoms with Gasteiger partial charge in [-0.2, -0.15) is 0 Å². The van der Waals surface area contributed by atoms with Gasteiger partial charge in [0.2, 0.25) is 0 Å². The largest absolute Gasteiger partial charge is 0.497 e. The highest BCUT2D eigenvalue weighted by Gasteiger charge is 2.37. The third kappa shape index (κ3) is 5.07. The van der Waals surface area contributed by atoms with E-state index >= 15 is 0 Å². The second-order valence-electron chi connectivity index (χ2n) is 7.68. The molecule has 1 aliphatic heterocycles. The number of rotatable bonds is 6. The van der Waals surface area contributed by atoms with Crippen LogP contribution in [0.2, 0.25) is 0 Å². The minimum absolute atomic E-state index is 0.0335. The lowest BCUT2D eigenvalue weighted by Gasteiger charge is -2.39. The second-order valence-corrected chi connectivity index (χ2v) is 7.68. The maximum absolute atomic E-state index is 6.13. The fourth-order valence-electron chi connectivity index (χ4n) is 3.70. The molecule has 1 saturated heterocycles. The Hall–Kier alpha value is -1.84. The maximum atomic E-state index is 6.13. The van der Waals surface area contributed by atoms with Crippen molar-refractivity contribution in [1.29, 1.82) is 0 Å². The predicted molar refractivity (Wildman–Crippen MR) is 101 cm³/mol. The van der Waals surface area contributed by atoms with Crippen molar-refractivity contribution in [2.75, 3.05) is 13.7 Å². The molecule has 0 aromatic heterocycles. The molecule has 0 saturated carbocycles. The number of nitrogens with two attached hydrogens (primary N) is 1. The molecule has 2 atom stereocenters. The standard InChI is InChI=1S/C22H29NO2/c1-22(2)14-21(23-15-18-9-11-20(24-3)12-10-18)19(16-25-22)13-17-7-5-4-6-8-17/h4-12,19,21,23H,13-16H2,1-3H3/p+1/t19-,21-/m0/s1. The van der Waals surface area contributed by atoms with Gasteiger partial charge in [0.15, 0.2) is 0 Å². The van der Waals surface area contributed by atoms with Crippen LogP contribution in [-0.4, -0.2) is 25.4 Å². The summed E-state index contributed by atoms with van der Waals surface area (Å²) in [7, 11) is 1.71. The van der Waals surface area contributed by atoms with Crippen LogP contribution in [0.1, 0.15) is 31.4 Å². The first kappa shape index (κ1) is 18.0. The SMILES string of the molecule is COc1ccc(C[NH2+][C@H]2CC(C)(C)OC[C@@H]2Cc2ccccc2)cc1. The Kier molecular flexibility index (Phi) is 5.77. The fourth-order valence-corrected chi connectivity index (χ4v) is 3.70. The number of methoxy groups -OCH3 is 1. The Morgan fingerprint density at radius 3 is 2.44 bits per heavy atom. The quantitative estimate of drug-likeness (QED) is 0.876. The highest BCUT2D eigenvalue weighted by molar-refractivity contribution is 5.26. The minimum Gasteiger partial charge on any atom is -0.497 e. The Labute approximate surface area is 151 Å². The van der Waals surface area contributed by atoms with Crippen molar-refractivity contribution in [2.45, 2.75) is 44.9 Å². The smallest absolute Gasteiger partial charge is 0.118 e. The van der Waals surface area contributed by atoms with E-state index in [1.165, 1.54) is 11.1 Å². The minimum atomic E-state index is -0.0335. The molecule has 0 spiro atoms. The summed E-state index contributed by atoms with van der Waals surface area (Å²) in [6.45, 7) is 6.25. The molecule has 2 aromatic carbocycles. The highest BCUT2D eigenvalue weighted by atomic mass is 16.5. The van der Waals surface area contributed by atoms with Crippen LogP contribution in [0.4, 0.5) is 0 Å². The van der Waals surface area contributed by atoms with Gasteiger partial charge < -0.3 is 14.8 Å². The van der Waals surface area contributed by atoms with Gasteiger partial charge in [-0.1, -0.05) is 30.3 Å². The van der Waals surface area contributed by atoms with Crippen molar-refractivity contribution in [1.82, 2.24) is 0 Å². The van der Waals surface area contributed by atoms with E-state index in [1.807, 2.05) is 12.1 Å². The Morgan fingerprint density at radius 1 is 1.04 bits per heavy atom. The van der Waals surface area contributed by atoms with E-state index in [0.717, 1.165) is 31.7 Å². The molecule has 2 aromatic rings. The molecule has 2 N–H and O–H groups in total. The molecule has 0 amide bonds. The number of hydrogen-bond donors (Lipinski definition) is 1. The van der Waals surface area contributed by atoms with Gasteiger partial charge in [-0.15, -0.1) is 0 Å². The summed E-state index contributed by atoms with van der Waals surface area (Å²) >= 11 is 0. The number of benzene rings is 2. The van der Waals surface area contributed by atoms with E-state index in [4.69, 9.17) is 9.47 Å². The molecule has 0 aliphatic carbocycles. The molecule has 1 fully saturated rings. The topological polar surface area (TPSA) is 35.1 Å². The monoisotopic (exact) mass is 340 g/mol. The predicted octanol–water partition coefficient (Wildman–Crippen LogP) is 3.19. The van der Waals surface area contributed by atoms with Crippen LogP contribution in [-0.2, 0) is 17.7 Å². The molecular weight excluding hydrogens is 310 g/mol. The van der Waals surface area contributed by atoms with Crippen molar-refractivity contribution in [2.24, 2.45) is 5.92 Å². The first-order valence-electron chi connectivity index (χ1n) is 9.20. The average molecular weight is 340 g/mol. The van der Waals surface area contributed by atoms with E-state index in [2.05, 4.69) is 61.6 Å². The number of quaternary nitrogens is 1. The van der Waals surface area contributed by atoms with E-state index in [9.17, 15) is 0 Å². The van der Waals surface area contributed by atoms with Gasteiger partial charge >= 0.3 is 0 Å². The number of hydrogen-bond acceptors (Lipinski definition) is 2. The normalized spacial score (nSPS) is 22.5. The molecular formula is C22H30NO2+. The molecule has 3 rings (SSSR count). The zero-order chi connectivity index (χ0) is 17.7. The van der Waals surface area contributed by atoms with Crippen molar-refractivity contribution in [3.05, 3.63) is 65.7 Å². The van der Waals surface area contributed by atoms with Crippen molar-refractivity contribution in [3.8, 4) is 5.75 Å². The van der Waals surface area contributed by atoms with Crippen LogP contribution < -0.4 is 10.1 Å². The van der Waals surface area contributed by atoms with Gasteiger partial charge in [-0.05, 0) is 50.1 Å². The van der Waals surface area contributed by atoms with Gasteiger partial charge in [-0.3, -0.25) is 0 Å². The molecule has 0 radical (unpaired) electrons. The van der Waals surface area contributed by atoms with Crippen LogP contribution in [0, 0.1) is 5.92 Å². The maximum Gasteiger partial charge on any atom is 0.118 e.